The van der Waals surface area contributed by atoms with E-state index in [0.29, 0.717) is 11.8 Å². The number of carbonyl (C=O) groups is 1. The van der Waals surface area contributed by atoms with E-state index < -0.39 is 0 Å². The molecule has 0 saturated heterocycles. The van der Waals surface area contributed by atoms with E-state index in [-0.39, 0.29) is 28.5 Å². The lowest BCUT2D eigenvalue weighted by Gasteiger charge is -2.60. The quantitative estimate of drug-likeness (QED) is 0.870. The molecule has 4 bridgehead atoms. The molecule has 4 aliphatic carbocycles. The van der Waals surface area contributed by atoms with Gasteiger partial charge >= 0.3 is 5.69 Å². The normalized spacial score (nSPS) is 36.1. The second kappa shape index (κ2) is 4.89. The first-order chi connectivity index (χ1) is 12.0. The molecule has 0 radical (unpaired) electrons. The molecule has 25 heavy (non-hydrogen) atoms. The molecule has 8 heteroatoms. The summed E-state index contributed by atoms with van der Waals surface area (Å²) in [4.78, 5) is 29.2. The van der Waals surface area contributed by atoms with Gasteiger partial charge in [-0.05, 0) is 62.7 Å². The lowest BCUT2D eigenvalue weighted by molar-refractivity contribution is -0.0606. The maximum atomic E-state index is 12.9. The molecule has 0 atom stereocenters. The van der Waals surface area contributed by atoms with Crippen molar-refractivity contribution in [1.29, 1.82) is 0 Å². The third-order valence-electron chi connectivity index (χ3n) is 6.93. The van der Waals surface area contributed by atoms with Gasteiger partial charge in [-0.25, -0.2) is 14.2 Å². The zero-order valence-electron chi connectivity index (χ0n) is 14.5. The third-order valence-corrected chi connectivity index (χ3v) is 6.93. The third kappa shape index (κ3) is 2.02. The zero-order valence-corrected chi connectivity index (χ0v) is 14.5. The van der Waals surface area contributed by atoms with E-state index >= 15 is 0 Å². The monoisotopic (exact) mass is 342 g/mol. The molecule has 1 N–H and O–H groups in total. The van der Waals surface area contributed by atoms with Crippen LogP contribution in [0.1, 0.15) is 49.5 Å². The van der Waals surface area contributed by atoms with Gasteiger partial charge in [-0.15, -0.1) is 5.10 Å². The number of aromatic nitrogens is 5. The van der Waals surface area contributed by atoms with Crippen molar-refractivity contribution < 1.29 is 4.79 Å². The summed E-state index contributed by atoms with van der Waals surface area (Å²) in [6.45, 7) is 2.20. The summed E-state index contributed by atoms with van der Waals surface area (Å²) in [6, 6.07) is 0. The summed E-state index contributed by atoms with van der Waals surface area (Å²) < 4.78 is 2.39. The number of aryl methyl sites for hydroxylation is 1. The minimum atomic E-state index is -0.364. The molecule has 0 aromatic carbocycles. The van der Waals surface area contributed by atoms with Crippen LogP contribution in [0.15, 0.2) is 11.1 Å². The van der Waals surface area contributed by atoms with Gasteiger partial charge in [0.1, 0.15) is 6.33 Å². The summed E-state index contributed by atoms with van der Waals surface area (Å²) >= 11 is 0. The molecule has 4 fully saturated rings. The van der Waals surface area contributed by atoms with Crippen molar-refractivity contribution in [3.05, 3.63) is 22.5 Å². The van der Waals surface area contributed by atoms with Gasteiger partial charge in [0.15, 0.2) is 11.3 Å². The molecule has 6 rings (SSSR count). The maximum Gasteiger partial charge on any atom is 0.352 e. The van der Waals surface area contributed by atoms with Crippen molar-refractivity contribution in [2.75, 3.05) is 0 Å². The van der Waals surface area contributed by atoms with Crippen LogP contribution in [0.5, 0.6) is 0 Å². The van der Waals surface area contributed by atoms with Crippen LogP contribution < -0.4 is 11.0 Å². The van der Waals surface area contributed by atoms with Crippen LogP contribution in [0, 0.1) is 23.7 Å². The van der Waals surface area contributed by atoms with Crippen LogP contribution in [0.2, 0.25) is 0 Å². The number of imidazole rings is 1. The van der Waals surface area contributed by atoms with Gasteiger partial charge in [0, 0.05) is 12.6 Å². The highest BCUT2D eigenvalue weighted by Crippen LogP contribution is 2.58. The molecule has 2 aromatic heterocycles. The fourth-order valence-corrected chi connectivity index (χ4v) is 5.71. The Morgan fingerprint density at radius 3 is 2.48 bits per heavy atom. The molecule has 0 spiro atoms. The minimum Gasteiger partial charge on any atom is -0.345 e. The number of fused-ring (bicyclic) bond motifs is 1. The Morgan fingerprint density at radius 1 is 1.20 bits per heavy atom. The summed E-state index contributed by atoms with van der Waals surface area (Å²) in [6.07, 6.45) is 7.59. The van der Waals surface area contributed by atoms with Crippen molar-refractivity contribution >= 4 is 11.6 Å². The first kappa shape index (κ1) is 15.0. The standard InChI is InChI=1S/C17H22N6O2/c1-17(11-4-9-3-10(6-11)7-12(17)5-9)19-15(24)13-14-20-21-22(2)16(25)23(14)8-18-13/h8-12H,3-7H2,1-2H3,(H,19,24)/t9-,10?,11+,12?,17?/m0/s1. The zero-order chi connectivity index (χ0) is 17.3. The Kier molecular flexibility index (Phi) is 2.94. The minimum absolute atomic E-state index is 0.181. The van der Waals surface area contributed by atoms with Crippen molar-refractivity contribution in [1.82, 2.24) is 29.7 Å². The van der Waals surface area contributed by atoms with E-state index in [9.17, 15) is 9.59 Å². The number of hydrogen-bond acceptors (Lipinski definition) is 5. The average molecular weight is 342 g/mol. The number of nitrogens with one attached hydrogen (secondary N) is 1. The van der Waals surface area contributed by atoms with Crippen molar-refractivity contribution in [2.24, 2.45) is 30.7 Å². The number of nitrogens with zero attached hydrogens (tertiary/aromatic N) is 5. The Labute approximate surface area is 144 Å². The molecule has 2 aromatic rings. The number of rotatable bonds is 2. The smallest absolute Gasteiger partial charge is 0.345 e. The van der Waals surface area contributed by atoms with E-state index in [0.717, 1.165) is 16.5 Å². The van der Waals surface area contributed by atoms with Crippen LogP contribution >= 0.6 is 0 Å². The van der Waals surface area contributed by atoms with E-state index in [1.165, 1.54) is 49.9 Å². The van der Waals surface area contributed by atoms with E-state index in [2.05, 4.69) is 27.5 Å². The largest absolute Gasteiger partial charge is 0.352 e. The topological polar surface area (TPSA) is 94.2 Å². The Morgan fingerprint density at radius 2 is 1.84 bits per heavy atom. The molecule has 2 heterocycles. The van der Waals surface area contributed by atoms with Gasteiger partial charge < -0.3 is 5.32 Å². The van der Waals surface area contributed by atoms with E-state index in [4.69, 9.17) is 0 Å². The van der Waals surface area contributed by atoms with Gasteiger partial charge in [-0.2, -0.15) is 4.68 Å². The first-order valence-electron chi connectivity index (χ1n) is 9.05. The van der Waals surface area contributed by atoms with Crippen LogP contribution in [0.3, 0.4) is 0 Å². The highest BCUT2D eigenvalue weighted by molar-refractivity contribution is 5.98. The second-order valence-corrected chi connectivity index (χ2v) is 8.32. The summed E-state index contributed by atoms with van der Waals surface area (Å²) in [7, 11) is 1.52. The number of hydrogen-bond donors (Lipinski definition) is 1. The predicted molar refractivity (Wildman–Crippen MR) is 88.9 cm³/mol. The van der Waals surface area contributed by atoms with Gasteiger partial charge in [-0.1, -0.05) is 5.21 Å². The van der Waals surface area contributed by atoms with Crippen molar-refractivity contribution in [2.45, 2.75) is 44.6 Å². The average Bonchev–Trinajstić information content (AvgIpc) is 3.00. The van der Waals surface area contributed by atoms with E-state index in [1.54, 1.807) is 0 Å². The fourth-order valence-electron chi connectivity index (χ4n) is 5.71. The SMILES string of the molecule is Cn1nnc2c(C(=O)NC3(C)C4CC5C[C@H](C4)C[C@@H]3C5)ncn2c1=O. The first-order valence-corrected chi connectivity index (χ1v) is 9.05. The summed E-state index contributed by atoms with van der Waals surface area (Å²) in [5, 5.41) is 11.0. The molecular weight excluding hydrogens is 320 g/mol. The highest BCUT2D eigenvalue weighted by atomic mass is 16.2. The lowest BCUT2D eigenvalue weighted by atomic mass is 9.49. The molecule has 8 nitrogen and oxygen atoms in total. The van der Waals surface area contributed by atoms with Crippen LogP contribution in [0.25, 0.3) is 5.65 Å². The van der Waals surface area contributed by atoms with Crippen LogP contribution in [-0.2, 0) is 7.05 Å². The summed E-state index contributed by atoms with van der Waals surface area (Å²) in [5.74, 6) is 2.52. The molecule has 1 amide bonds. The predicted octanol–water partition coefficient (Wildman–Crippen LogP) is 0.768. The van der Waals surface area contributed by atoms with Crippen LogP contribution in [0.4, 0.5) is 0 Å². The Bertz CT molecular complexity index is 901. The molecule has 4 saturated carbocycles. The Hall–Kier alpha value is -2.25. The van der Waals surface area contributed by atoms with Crippen molar-refractivity contribution in [3.8, 4) is 0 Å². The molecule has 0 unspecified atom stereocenters. The van der Waals surface area contributed by atoms with Gasteiger partial charge in [-0.3, -0.25) is 4.79 Å². The fraction of sp³-hybridized carbons (Fsp3) is 0.706. The lowest BCUT2D eigenvalue weighted by Crippen LogP contribution is -2.64. The Balaban J connectivity index is 1.48. The second-order valence-electron chi connectivity index (χ2n) is 8.32. The van der Waals surface area contributed by atoms with Gasteiger partial charge in [0.25, 0.3) is 5.91 Å². The number of carbonyl (C=O) groups excluding carboxylic acids is 1. The van der Waals surface area contributed by atoms with Crippen molar-refractivity contribution in [3.63, 3.8) is 0 Å². The van der Waals surface area contributed by atoms with E-state index in [1.807, 2.05) is 0 Å². The van der Waals surface area contributed by atoms with Crippen LogP contribution in [-0.4, -0.2) is 35.8 Å². The maximum absolute atomic E-state index is 12.9. The highest BCUT2D eigenvalue weighted by Gasteiger charge is 2.55. The number of amides is 1. The molecule has 4 aliphatic rings. The molecular formula is C17H22N6O2. The van der Waals surface area contributed by atoms with Gasteiger partial charge in [0.05, 0.1) is 0 Å². The molecule has 132 valence electrons. The van der Waals surface area contributed by atoms with Gasteiger partial charge in [0.2, 0.25) is 0 Å². The molecule has 0 aliphatic heterocycles. The summed E-state index contributed by atoms with van der Waals surface area (Å²) in [5.41, 5.74) is -0.154.